The van der Waals surface area contributed by atoms with Crippen LogP contribution in [0.2, 0.25) is 0 Å². The minimum absolute atomic E-state index is 0.595. The molecular formula is C13H14IN3. The van der Waals surface area contributed by atoms with Gasteiger partial charge in [-0.25, -0.2) is 4.98 Å². The SMILES string of the molecule is Ic1ncn(CC2CCCc3ccccc32)n1. The molecule has 1 aliphatic carbocycles. The molecule has 1 atom stereocenters. The molecular weight excluding hydrogens is 325 g/mol. The Morgan fingerprint density at radius 2 is 2.24 bits per heavy atom. The third-order valence-corrected chi connectivity index (χ3v) is 3.90. The minimum atomic E-state index is 0.595. The number of hydrogen-bond acceptors (Lipinski definition) is 2. The maximum absolute atomic E-state index is 4.37. The first kappa shape index (κ1) is 11.2. The summed E-state index contributed by atoms with van der Waals surface area (Å²) in [7, 11) is 0. The average Bonchev–Trinajstić information content (AvgIpc) is 2.75. The van der Waals surface area contributed by atoms with Crippen molar-refractivity contribution < 1.29 is 0 Å². The van der Waals surface area contributed by atoms with Gasteiger partial charge in [0.25, 0.3) is 0 Å². The summed E-state index contributed by atoms with van der Waals surface area (Å²) in [6.45, 7) is 0.951. The second-order valence-corrected chi connectivity index (χ2v) is 5.49. The quantitative estimate of drug-likeness (QED) is 0.788. The van der Waals surface area contributed by atoms with E-state index in [4.69, 9.17) is 0 Å². The Hall–Kier alpha value is -0.910. The number of aromatic nitrogens is 3. The van der Waals surface area contributed by atoms with Crippen LogP contribution in [-0.4, -0.2) is 14.8 Å². The number of aryl methyl sites for hydroxylation is 1. The third kappa shape index (κ3) is 2.36. The van der Waals surface area contributed by atoms with E-state index in [1.807, 2.05) is 11.0 Å². The number of nitrogens with zero attached hydrogens (tertiary/aromatic N) is 3. The van der Waals surface area contributed by atoms with Gasteiger partial charge in [-0.05, 0) is 30.4 Å². The van der Waals surface area contributed by atoms with Crippen LogP contribution < -0.4 is 0 Å². The molecule has 1 aliphatic rings. The molecule has 0 fully saturated rings. The smallest absolute Gasteiger partial charge is 0.211 e. The van der Waals surface area contributed by atoms with Crippen molar-refractivity contribution in [2.45, 2.75) is 31.7 Å². The van der Waals surface area contributed by atoms with Crippen LogP contribution in [0, 0.1) is 3.83 Å². The summed E-state index contributed by atoms with van der Waals surface area (Å²) in [5.41, 5.74) is 3.02. The molecule has 3 rings (SSSR count). The van der Waals surface area contributed by atoms with Gasteiger partial charge in [0.1, 0.15) is 6.33 Å². The summed E-state index contributed by atoms with van der Waals surface area (Å²) in [4.78, 5) is 4.18. The number of fused-ring (bicyclic) bond motifs is 1. The summed E-state index contributed by atoms with van der Waals surface area (Å²) in [6.07, 6.45) is 5.60. The van der Waals surface area contributed by atoms with E-state index < -0.39 is 0 Å². The molecule has 1 aromatic carbocycles. The highest BCUT2D eigenvalue weighted by atomic mass is 127. The first-order valence-electron chi connectivity index (χ1n) is 5.95. The van der Waals surface area contributed by atoms with Crippen LogP contribution in [-0.2, 0) is 13.0 Å². The molecule has 0 saturated heterocycles. The van der Waals surface area contributed by atoms with Crippen LogP contribution in [0.3, 0.4) is 0 Å². The van der Waals surface area contributed by atoms with Crippen LogP contribution >= 0.6 is 22.6 Å². The predicted octanol–water partition coefficient (Wildman–Crippen LogP) is 3.00. The molecule has 88 valence electrons. The van der Waals surface area contributed by atoms with Gasteiger partial charge in [0.2, 0.25) is 3.83 Å². The van der Waals surface area contributed by atoms with E-state index in [-0.39, 0.29) is 0 Å². The number of hydrogen-bond donors (Lipinski definition) is 0. The third-order valence-electron chi connectivity index (χ3n) is 3.41. The monoisotopic (exact) mass is 339 g/mol. The zero-order valence-electron chi connectivity index (χ0n) is 9.51. The van der Waals surface area contributed by atoms with E-state index in [1.165, 1.54) is 30.4 Å². The standard InChI is InChI=1S/C13H14IN3/c14-13-15-9-17(16-13)8-11-6-3-5-10-4-1-2-7-12(10)11/h1-2,4,7,9,11H,3,5-6,8H2. The Balaban J connectivity index is 1.85. The minimum Gasteiger partial charge on any atom is -0.251 e. The van der Waals surface area contributed by atoms with Crippen molar-refractivity contribution in [2.75, 3.05) is 0 Å². The molecule has 4 heteroatoms. The molecule has 1 heterocycles. The molecule has 0 bridgehead atoms. The highest BCUT2D eigenvalue weighted by Gasteiger charge is 2.20. The van der Waals surface area contributed by atoms with Gasteiger partial charge in [-0.15, -0.1) is 5.10 Å². The van der Waals surface area contributed by atoms with Crippen molar-refractivity contribution in [3.05, 3.63) is 45.6 Å². The van der Waals surface area contributed by atoms with Gasteiger partial charge in [0.05, 0.1) is 0 Å². The van der Waals surface area contributed by atoms with Crippen LogP contribution in [0.25, 0.3) is 0 Å². The average molecular weight is 339 g/mol. The Bertz CT molecular complexity index is 521. The van der Waals surface area contributed by atoms with Crippen LogP contribution in [0.15, 0.2) is 30.6 Å². The van der Waals surface area contributed by atoms with Crippen molar-refractivity contribution in [1.82, 2.24) is 14.8 Å². The molecule has 0 saturated carbocycles. The Morgan fingerprint density at radius 1 is 1.35 bits per heavy atom. The van der Waals surface area contributed by atoms with Gasteiger partial charge in [-0.3, -0.25) is 4.68 Å². The Labute approximate surface area is 114 Å². The summed E-state index contributed by atoms with van der Waals surface area (Å²) >= 11 is 2.15. The second kappa shape index (κ2) is 4.76. The molecule has 17 heavy (non-hydrogen) atoms. The zero-order chi connectivity index (χ0) is 11.7. The van der Waals surface area contributed by atoms with Crippen LogP contribution in [0.1, 0.15) is 29.9 Å². The number of halogens is 1. The number of rotatable bonds is 2. The Morgan fingerprint density at radius 3 is 3.06 bits per heavy atom. The maximum Gasteiger partial charge on any atom is 0.211 e. The van der Waals surface area contributed by atoms with Gasteiger partial charge >= 0.3 is 0 Å². The molecule has 1 unspecified atom stereocenters. The number of benzene rings is 1. The van der Waals surface area contributed by atoms with E-state index in [0.29, 0.717) is 5.92 Å². The predicted molar refractivity (Wildman–Crippen MR) is 74.9 cm³/mol. The summed E-state index contributed by atoms with van der Waals surface area (Å²) < 4.78 is 2.79. The normalized spacial score (nSPS) is 19.0. The van der Waals surface area contributed by atoms with Crippen molar-refractivity contribution >= 4 is 22.6 Å². The topological polar surface area (TPSA) is 30.7 Å². The highest BCUT2D eigenvalue weighted by Crippen LogP contribution is 2.32. The summed E-state index contributed by atoms with van der Waals surface area (Å²) in [6, 6.07) is 8.80. The lowest BCUT2D eigenvalue weighted by atomic mass is 9.83. The van der Waals surface area contributed by atoms with E-state index >= 15 is 0 Å². The van der Waals surface area contributed by atoms with Crippen molar-refractivity contribution in [1.29, 1.82) is 0 Å². The molecule has 1 aromatic heterocycles. The van der Waals surface area contributed by atoms with E-state index in [9.17, 15) is 0 Å². The van der Waals surface area contributed by atoms with E-state index in [1.54, 1.807) is 0 Å². The zero-order valence-corrected chi connectivity index (χ0v) is 11.7. The largest absolute Gasteiger partial charge is 0.251 e. The molecule has 3 nitrogen and oxygen atoms in total. The molecule has 2 aromatic rings. The lowest BCUT2D eigenvalue weighted by Crippen LogP contribution is -2.15. The highest BCUT2D eigenvalue weighted by molar-refractivity contribution is 14.1. The van der Waals surface area contributed by atoms with Crippen LogP contribution in [0.4, 0.5) is 0 Å². The summed E-state index contributed by atoms with van der Waals surface area (Å²) in [5, 5.41) is 4.37. The fraction of sp³-hybridized carbons (Fsp3) is 0.385. The maximum atomic E-state index is 4.37. The molecule has 0 radical (unpaired) electrons. The fourth-order valence-electron chi connectivity index (χ4n) is 2.63. The lowest BCUT2D eigenvalue weighted by Gasteiger charge is -2.25. The lowest BCUT2D eigenvalue weighted by molar-refractivity contribution is 0.455. The van der Waals surface area contributed by atoms with E-state index in [0.717, 1.165) is 10.4 Å². The second-order valence-electron chi connectivity index (χ2n) is 4.52. The Kier molecular flexibility index (Phi) is 3.13. The fourth-order valence-corrected chi connectivity index (χ4v) is 3.03. The van der Waals surface area contributed by atoms with Crippen molar-refractivity contribution in [2.24, 2.45) is 0 Å². The first-order valence-corrected chi connectivity index (χ1v) is 7.03. The van der Waals surface area contributed by atoms with E-state index in [2.05, 4.69) is 56.9 Å². The molecule has 0 aliphatic heterocycles. The van der Waals surface area contributed by atoms with Crippen molar-refractivity contribution in [3.63, 3.8) is 0 Å². The van der Waals surface area contributed by atoms with Crippen molar-refractivity contribution in [3.8, 4) is 0 Å². The van der Waals surface area contributed by atoms with Gasteiger partial charge < -0.3 is 0 Å². The summed E-state index contributed by atoms with van der Waals surface area (Å²) in [5.74, 6) is 0.595. The van der Waals surface area contributed by atoms with Gasteiger partial charge in [0.15, 0.2) is 0 Å². The first-order chi connectivity index (χ1) is 8.33. The molecule has 0 amide bonds. The van der Waals surface area contributed by atoms with Gasteiger partial charge in [-0.2, -0.15) is 0 Å². The molecule has 0 N–H and O–H groups in total. The van der Waals surface area contributed by atoms with Crippen LogP contribution in [0.5, 0.6) is 0 Å². The van der Waals surface area contributed by atoms with Gasteiger partial charge in [0, 0.05) is 35.1 Å². The molecule has 0 spiro atoms. The van der Waals surface area contributed by atoms with Gasteiger partial charge in [-0.1, -0.05) is 24.3 Å².